The summed E-state index contributed by atoms with van der Waals surface area (Å²) in [4.78, 5) is 11.1. The summed E-state index contributed by atoms with van der Waals surface area (Å²) in [6.07, 6.45) is 1.90. The molecule has 1 fully saturated rings. The Kier molecular flexibility index (Phi) is 3.59. The summed E-state index contributed by atoms with van der Waals surface area (Å²) >= 11 is 0. The van der Waals surface area contributed by atoms with E-state index in [2.05, 4.69) is 14.9 Å². The molecule has 0 aliphatic carbocycles. The highest BCUT2D eigenvalue weighted by Gasteiger charge is 2.24. The Hall–Kier alpha value is -1.20. The molecule has 94 valence electrons. The fourth-order valence-electron chi connectivity index (χ4n) is 1.88. The lowest BCUT2D eigenvalue weighted by Gasteiger charge is -2.35. The van der Waals surface area contributed by atoms with Crippen molar-refractivity contribution in [2.75, 3.05) is 24.6 Å². The van der Waals surface area contributed by atoms with Gasteiger partial charge in [-0.1, -0.05) is 0 Å². The Morgan fingerprint density at radius 2 is 2.24 bits per heavy atom. The molecule has 0 spiro atoms. The zero-order valence-corrected chi connectivity index (χ0v) is 10.7. The van der Waals surface area contributed by atoms with Crippen molar-refractivity contribution in [3.05, 3.63) is 17.6 Å². The summed E-state index contributed by atoms with van der Waals surface area (Å²) in [5, 5.41) is 0. The van der Waals surface area contributed by atoms with Gasteiger partial charge in [-0.05, 0) is 20.8 Å². The Bertz CT molecular complexity index is 394. The minimum Gasteiger partial charge on any atom is -0.373 e. The van der Waals surface area contributed by atoms with Crippen molar-refractivity contribution in [1.29, 1.82) is 0 Å². The van der Waals surface area contributed by atoms with E-state index in [1.807, 2.05) is 27.0 Å². The van der Waals surface area contributed by atoms with E-state index in [-0.39, 0.29) is 12.1 Å². The lowest BCUT2D eigenvalue weighted by Crippen LogP contribution is -2.50. The number of aromatic nitrogens is 2. The van der Waals surface area contributed by atoms with Crippen LogP contribution in [0.25, 0.3) is 0 Å². The molecule has 0 radical (unpaired) electrons. The average Bonchev–Trinajstić information content (AvgIpc) is 2.33. The summed E-state index contributed by atoms with van der Waals surface area (Å²) in [6, 6.07) is 0.0392. The van der Waals surface area contributed by atoms with E-state index < -0.39 is 0 Å². The second-order valence-corrected chi connectivity index (χ2v) is 4.61. The minimum absolute atomic E-state index is 0.0392. The van der Waals surface area contributed by atoms with Crippen LogP contribution in [0.4, 0.5) is 5.82 Å². The molecule has 5 heteroatoms. The molecule has 1 saturated heterocycles. The topological polar surface area (TPSA) is 64.3 Å². The monoisotopic (exact) mass is 236 g/mol. The van der Waals surface area contributed by atoms with E-state index >= 15 is 0 Å². The first-order chi connectivity index (χ1) is 8.08. The van der Waals surface area contributed by atoms with E-state index in [0.29, 0.717) is 6.61 Å². The van der Waals surface area contributed by atoms with Gasteiger partial charge in [0.1, 0.15) is 5.82 Å². The predicted molar refractivity (Wildman–Crippen MR) is 67.1 cm³/mol. The van der Waals surface area contributed by atoms with Gasteiger partial charge in [0, 0.05) is 19.1 Å². The molecule has 1 aromatic rings. The molecule has 0 saturated carbocycles. The first-order valence-electron chi connectivity index (χ1n) is 6.00. The van der Waals surface area contributed by atoms with Crippen LogP contribution in [0.15, 0.2) is 6.20 Å². The molecule has 2 unspecified atom stereocenters. The minimum atomic E-state index is 0.0392. The molecule has 17 heavy (non-hydrogen) atoms. The molecule has 1 aliphatic rings. The molecule has 2 atom stereocenters. The second kappa shape index (κ2) is 4.98. The summed E-state index contributed by atoms with van der Waals surface area (Å²) in [5.74, 6) is 0.919. The van der Waals surface area contributed by atoms with Gasteiger partial charge in [-0.3, -0.25) is 4.98 Å². The van der Waals surface area contributed by atoms with Crippen LogP contribution >= 0.6 is 0 Å². The quantitative estimate of drug-likeness (QED) is 0.816. The fourth-order valence-corrected chi connectivity index (χ4v) is 1.88. The highest BCUT2D eigenvalue weighted by Crippen LogP contribution is 2.16. The molecule has 0 aromatic carbocycles. The van der Waals surface area contributed by atoms with Crippen LogP contribution in [0, 0.1) is 13.8 Å². The van der Waals surface area contributed by atoms with E-state index in [4.69, 9.17) is 10.5 Å². The smallest absolute Gasteiger partial charge is 0.147 e. The van der Waals surface area contributed by atoms with Crippen LogP contribution in [0.5, 0.6) is 0 Å². The van der Waals surface area contributed by atoms with Gasteiger partial charge in [0.15, 0.2) is 0 Å². The number of nitrogens with zero attached hydrogens (tertiary/aromatic N) is 3. The average molecular weight is 236 g/mol. The van der Waals surface area contributed by atoms with Crippen LogP contribution in [0.3, 0.4) is 0 Å². The van der Waals surface area contributed by atoms with E-state index in [1.165, 1.54) is 0 Å². The van der Waals surface area contributed by atoms with Crippen molar-refractivity contribution in [2.24, 2.45) is 5.73 Å². The van der Waals surface area contributed by atoms with Gasteiger partial charge >= 0.3 is 0 Å². The van der Waals surface area contributed by atoms with Gasteiger partial charge in [-0.25, -0.2) is 4.98 Å². The fraction of sp³-hybridized carbons (Fsp3) is 0.667. The molecule has 1 aliphatic heterocycles. The molecule has 2 heterocycles. The molecule has 5 nitrogen and oxygen atoms in total. The summed E-state index contributed by atoms with van der Waals surface area (Å²) in [5.41, 5.74) is 7.83. The van der Waals surface area contributed by atoms with Crippen molar-refractivity contribution in [2.45, 2.75) is 32.9 Å². The Labute approximate surface area is 102 Å². The molecular formula is C12H20N4O. The van der Waals surface area contributed by atoms with Crippen molar-refractivity contribution in [1.82, 2.24) is 9.97 Å². The normalized spacial score (nSPS) is 22.6. The predicted octanol–water partition coefficient (Wildman–Crippen LogP) is 0.646. The zero-order valence-electron chi connectivity index (χ0n) is 10.7. The molecule has 2 rings (SSSR count). The van der Waals surface area contributed by atoms with Crippen LogP contribution < -0.4 is 10.6 Å². The Balaban J connectivity index is 2.13. The lowest BCUT2D eigenvalue weighted by atomic mass is 10.1. The third-order valence-electron chi connectivity index (χ3n) is 3.18. The van der Waals surface area contributed by atoms with Crippen LogP contribution in [-0.2, 0) is 4.74 Å². The summed E-state index contributed by atoms with van der Waals surface area (Å²) in [7, 11) is 0. The van der Waals surface area contributed by atoms with Gasteiger partial charge in [-0.2, -0.15) is 0 Å². The van der Waals surface area contributed by atoms with Gasteiger partial charge in [-0.15, -0.1) is 0 Å². The molecular weight excluding hydrogens is 216 g/mol. The van der Waals surface area contributed by atoms with Crippen molar-refractivity contribution in [3.63, 3.8) is 0 Å². The second-order valence-electron chi connectivity index (χ2n) is 4.61. The van der Waals surface area contributed by atoms with Gasteiger partial charge in [0.25, 0.3) is 0 Å². The highest BCUT2D eigenvalue weighted by molar-refractivity contribution is 5.38. The number of morpholine rings is 1. The maximum absolute atomic E-state index is 5.87. The maximum Gasteiger partial charge on any atom is 0.147 e. The Morgan fingerprint density at radius 3 is 2.88 bits per heavy atom. The van der Waals surface area contributed by atoms with Crippen molar-refractivity contribution < 1.29 is 4.74 Å². The largest absolute Gasteiger partial charge is 0.373 e. The first kappa shape index (κ1) is 12.3. The zero-order chi connectivity index (χ0) is 12.4. The number of anilines is 1. The van der Waals surface area contributed by atoms with E-state index in [1.54, 1.807) is 0 Å². The number of rotatable bonds is 2. The van der Waals surface area contributed by atoms with Gasteiger partial charge in [0.2, 0.25) is 0 Å². The molecule has 1 aromatic heterocycles. The van der Waals surface area contributed by atoms with Crippen LogP contribution in [-0.4, -0.2) is 41.8 Å². The third-order valence-corrected chi connectivity index (χ3v) is 3.18. The van der Waals surface area contributed by atoms with Crippen molar-refractivity contribution >= 4 is 5.82 Å². The van der Waals surface area contributed by atoms with Crippen LogP contribution in [0.1, 0.15) is 18.3 Å². The number of ether oxygens (including phenoxy) is 1. The maximum atomic E-state index is 5.87. The number of hydrogen-bond donors (Lipinski definition) is 1. The van der Waals surface area contributed by atoms with Gasteiger partial charge < -0.3 is 15.4 Å². The standard InChI is InChI=1S/C12H20N4O/c1-8(13)11-7-16(4-5-17-11)12-6-14-9(2)10(3)15-12/h6,8,11H,4-5,7,13H2,1-3H3. The Morgan fingerprint density at radius 1 is 1.47 bits per heavy atom. The van der Waals surface area contributed by atoms with Crippen molar-refractivity contribution in [3.8, 4) is 0 Å². The SMILES string of the molecule is Cc1ncc(N2CCOC(C(C)N)C2)nc1C. The van der Waals surface area contributed by atoms with E-state index in [9.17, 15) is 0 Å². The number of hydrogen-bond acceptors (Lipinski definition) is 5. The molecule has 2 N–H and O–H groups in total. The molecule has 0 amide bonds. The van der Waals surface area contributed by atoms with E-state index in [0.717, 1.165) is 30.3 Å². The number of aryl methyl sites for hydroxylation is 2. The van der Waals surface area contributed by atoms with Gasteiger partial charge in [0.05, 0.1) is 30.3 Å². The third kappa shape index (κ3) is 2.73. The lowest BCUT2D eigenvalue weighted by molar-refractivity contribution is 0.0273. The number of nitrogens with two attached hydrogens (primary N) is 1. The highest BCUT2D eigenvalue weighted by atomic mass is 16.5. The van der Waals surface area contributed by atoms with Crippen LogP contribution in [0.2, 0.25) is 0 Å². The summed E-state index contributed by atoms with van der Waals surface area (Å²) in [6.45, 7) is 8.25. The molecule has 0 bridgehead atoms. The summed E-state index contributed by atoms with van der Waals surface area (Å²) < 4.78 is 5.63. The first-order valence-corrected chi connectivity index (χ1v) is 6.00.